The number of furan rings is 1. The van der Waals surface area contributed by atoms with Crippen LogP contribution in [0.5, 0.6) is 0 Å². The molecule has 0 aliphatic heterocycles. The van der Waals surface area contributed by atoms with Gasteiger partial charge in [0, 0.05) is 24.3 Å². The molecule has 1 aromatic carbocycles. The van der Waals surface area contributed by atoms with Crippen molar-refractivity contribution in [3.63, 3.8) is 0 Å². The molecule has 2 amide bonds. The molecule has 36 heavy (non-hydrogen) atoms. The first kappa shape index (κ1) is 26.5. The number of aromatic nitrogens is 2. The maximum atomic E-state index is 13.7. The molecule has 10 nitrogen and oxygen atoms in total. The number of anilines is 3. The van der Waals surface area contributed by atoms with Gasteiger partial charge in [0.2, 0.25) is 0 Å². The van der Waals surface area contributed by atoms with Gasteiger partial charge in [-0.25, -0.2) is 4.79 Å². The number of carbonyl (C=O) groups is 2. The molecule has 0 spiro atoms. The number of nitrogens with one attached hydrogen (secondary N) is 2. The summed E-state index contributed by atoms with van der Waals surface area (Å²) in [5.41, 5.74) is 6.35. The molecule has 0 aliphatic carbocycles. The van der Waals surface area contributed by atoms with E-state index in [1.807, 2.05) is 20.8 Å². The molecule has 0 fully saturated rings. The van der Waals surface area contributed by atoms with E-state index in [-0.39, 0.29) is 35.3 Å². The van der Waals surface area contributed by atoms with Crippen LogP contribution in [0.3, 0.4) is 0 Å². The summed E-state index contributed by atoms with van der Waals surface area (Å²) in [6.07, 6.45) is 3.52. The number of amides is 2. The third kappa shape index (κ3) is 5.94. The Morgan fingerprint density at radius 2 is 1.97 bits per heavy atom. The van der Waals surface area contributed by atoms with Crippen LogP contribution in [0.2, 0.25) is 0 Å². The normalized spacial score (nSPS) is 11.0. The number of hydrogen-bond acceptors (Lipinski definition) is 6. The Morgan fingerprint density at radius 3 is 2.61 bits per heavy atom. The fraction of sp³-hybridized carbons (Fsp3) is 0.385. The number of aryl methyl sites for hydroxylation is 1. The molecule has 192 valence electrons. The number of nitrogens with zero attached hydrogens (tertiary/aromatic N) is 2. The van der Waals surface area contributed by atoms with Crippen LogP contribution in [-0.4, -0.2) is 27.9 Å². The van der Waals surface area contributed by atoms with Crippen molar-refractivity contribution in [1.82, 2.24) is 9.55 Å². The largest absolute Gasteiger partial charge is 0.459 e. The summed E-state index contributed by atoms with van der Waals surface area (Å²) in [5, 5.41) is 2.76. The first-order valence-electron chi connectivity index (χ1n) is 12.0. The minimum absolute atomic E-state index is 0.0484. The molecule has 4 N–H and O–H groups in total. The number of carbonyl (C=O) groups excluding carboxylic acids is 2. The van der Waals surface area contributed by atoms with E-state index in [4.69, 9.17) is 10.2 Å². The van der Waals surface area contributed by atoms with E-state index in [2.05, 4.69) is 10.3 Å². The lowest BCUT2D eigenvalue weighted by Crippen LogP contribution is -2.42. The molecule has 0 bridgehead atoms. The maximum absolute atomic E-state index is 13.7. The van der Waals surface area contributed by atoms with Gasteiger partial charge in [0.05, 0.1) is 6.26 Å². The zero-order valence-electron chi connectivity index (χ0n) is 21.1. The lowest BCUT2D eigenvalue weighted by Gasteiger charge is -2.25. The fourth-order valence-corrected chi connectivity index (χ4v) is 3.72. The molecule has 0 atom stereocenters. The minimum Gasteiger partial charge on any atom is -0.459 e. The highest BCUT2D eigenvalue weighted by atomic mass is 16.3. The van der Waals surface area contributed by atoms with E-state index in [0.29, 0.717) is 25.1 Å². The molecule has 0 saturated carbocycles. The number of H-pyrrole nitrogens is 1. The minimum atomic E-state index is -0.721. The third-order valence-corrected chi connectivity index (χ3v) is 5.87. The number of rotatable bonds is 10. The Labute approximate surface area is 209 Å². The second-order valence-corrected chi connectivity index (χ2v) is 9.10. The summed E-state index contributed by atoms with van der Waals surface area (Å²) in [7, 11) is 0. The van der Waals surface area contributed by atoms with Gasteiger partial charge in [0.25, 0.3) is 17.4 Å². The lowest BCUT2D eigenvalue weighted by atomic mass is 10.1. The van der Waals surface area contributed by atoms with E-state index >= 15 is 0 Å². The van der Waals surface area contributed by atoms with E-state index in [0.717, 1.165) is 12.0 Å². The highest BCUT2D eigenvalue weighted by Gasteiger charge is 2.26. The van der Waals surface area contributed by atoms with Crippen molar-refractivity contribution in [3.05, 3.63) is 74.3 Å². The number of unbranched alkanes of at least 4 members (excludes halogenated alkanes) is 1. The summed E-state index contributed by atoms with van der Waals surface area (Å²) in [6, 6.07) is 8.03. The Morgan fingerprint density at radius 1 is 1.22 bits per heavy atom. The highest BCUT2D eigenvalue weighted by Crippen LogP contribution is 2.24. The number of nitrogens with two attached hydrogens (primary N) is 1. The first-order chi connectivity index (χ1) is 17.1. The van der Waals surface area contributed by atoms with Crippen molar-refractivity contribution in [2.75, 3.05) is 22.5 Å². The zero-order valence-corrected chi connectivity index (χ0v) is 21.1. The van der Waals surface area contributed by atoms with Crippen molar-refractivity contribution in [2.45, 2.75) is 53.5 Å². The molecular weight excluding hydrogens is 462 g/mol. The highest BCUT2D eigenvalue weighted by molar-refractivity contribution is 6.09. The van der Waals surface area contributed by atoms with Gasteiger partial charge in [0.1, 0.15) is 5.82 Å². The second-order valence-electron chi connectivity index (χ2n) is 9.10. The van der Waals surface area contributed by atoms with E-state index in [1.54, 1.807) is 31.2 Å². The van der Waals surface area contributed by atoms with Crippen LogP contribution in [0, 0.1) is 12.8 Å². The lowest BCUT2D eigenvalue weighted by molar-refractivity contribution is 0.0979. The average molecular weight is 496 g/mol. The molecule has 10 heteroatoms. The van der Waals surface area contributed by atoms with Gasteiger partial charge in [-0.2, -0.15) is 0 Å². The average Bonchev–Trinajstić information content (AvgIpc) is 3.37. The van der Waals surface area contributed by atoms with Gasteiger partial charge in [-0.15, -0.1) is 0 Å². The Balaban J connectivity index is 2.04. The van der Waals surface area contributed by atoms with E-state index < -0.39 is 23.1 Å². The molecule has 0 radical (unpaired) electrons. The predicted octanol–water partition coefficient (Wildman–Crippen LogP) is 3.77. The van der Waals surface area contributed by atoms with Crippen LogP contribution in [-0.2, 0) is 6.54 Å². The third-order valence-electron chi connectivity index (χ3n) is 5.87. The SMILES string of the molecule is CCCCn1c(N)c(N(CCC(C)C)C(=O)c2ccc(C)c(NC(=O)c3ccco3)c2)c(=O)[nH]c1=O. The summed E-state index contributed by atoms with van der Waals surface area (Å²) in [4.78, 5) is 55.2. The molecule has 3 rings (SSSR count). The topological polar surface area (TPSA) is 143 Å². The smallest absolute Gasteiger partial charge is 0.330 e. The standard InChI is InChI=1S/C26H33N5O5/c1-5-6-12-31-22(27)21(24(33)29-26(31)35)30(13-11-16(2)3)25(34)18-10-9-17(4)19(15-18)28-23(32)20-8-7-14-36-20/h7-10,14-16H,5-6,11-13,27H2,1-4H3,(H,28,32)(H,29,33,35). The van der Waals surface area contributed by atoms with Gasteiger partial charge in [-0.05, 0) is 55.5 Å². The Hall–Kier alpha value is -4.08. The van der Waals surface area contributed by atoms with Crippen LogP contribution in [0.4, 0.5) is 17.2 Å². The predicted molar refractivity (Wildman–Crippen MR) is 140 cm³/mol. The summed E-state index contributed by atoms with van der Waals surface area (Å²) in [5.74, 6) is -0.589. The van der Waals surface area contributed by atoms with Crippen molar-refractivity contribution in [3.8, 4) is 0 Å². The van der Waals surface area contributed by atoms with Gasteiger partial charge >= 0.3 is 5.69 Å². The van der Waals surface area contributed by atoms with Crippen molar-refractivity contribution in [1.29, 1.82) is 0 Å². The van der Waals surface area contributed by atoms with Gasteiger partial charge in [-0.1, -0.05) is 33.3 Å². The van der Waals surface area contributed by atoms with Gasteiger partial charge in [-0.3, -0.25) is 23.9 Å². The number of aromatic amines is 1. The molecular formula is C26H33N5O5. The first-order valence-corrected chi connectivity index (χ1v) is 12.0. The van der Waals surface area contributed by atoms with E-state index in [1.165, 1.54) is 21.8 Å². The Kier molecular flexibility index (Phi) is 8.52. The number of benzene rings is 1. The zero-order chi connectivity index (χ0) is 26.4. The van der Waals surface area contributed by atoms with Crippen LogP contribution in [0.25, 0.3) is 0 Å². The van der Waals surface area contributed by atoms with Crippen LogP contribution in [0.15, 0.2) is 50.6 Å². The molecule has 2 aromatic heterocycles. The van der Waals surface area contributed by atoms with Gasteiger partial charge < -0.3 is 20.4 Å². The number of nitrogen functional groups attached to an aromatic ring is 1. The summed E-state index contributed by atoms with van der Waals surface area (Å²) in [6.45, 7) is 8.34. The van der Waals surface area contributed by atoms with E-state index in [9.17, 15) is 19.2 Å². The summed E-state index contributed by atoms with van der Waals surface area (Å²) >= 11 is 0. The number of hydrogen-bond donors (Lipinski definition) is 3. The van der Waals surface area contributed by atoms with Crippen molar-refractivity contribution >= 4 is 29.0 Å². The molecule has 2 heterocycles. The quantitative estimate of drug-likeness (QED) is 0.391. The molecule has 0 unspecified atom stereocenters. The van der Waals surface area contributed by atoms with Crippen LogP contribution < -0.4 is 27.2 Å². The van der Waals surface area contributed by atoms with Gasteiger partial charge in [0.15, 0.2) is 11.4 Å². The molecule has 3 aromatic rings. The molecule has 0 aliphatic rings. The van der Waals surface area contributed by atoms with Crippen molar-refractivity contribution < 1.29 is 14.0 Å². The van der Waals surface area contributed by atoms with Crippen molar-refractivity contribution in [2.24, 2.45) is 5.92 Å². The monoisotopic (exact) mass is 495 g/mol. The van der Waals surface area contributed by atoms with Crippen LogP contribution >= 0.6 is 0 Å². The maximum Gasteiger partial charge on any atom is 0.330 e. The molecule has 0 saturated heterocycles. The Bertz CT molecular complexity index is 1340. The second kappa shape index (κ2) is 11.6. The fourth-order valence-electron chi connectivity index (χ4n) is 3.72. The summed E-state index contributed by atoms with van der Waals surface area (Å²) < 4.78 is 6.44. The van der Waals surface area contributed by atoms with Crippen LogP contribution in [0.1, 0.15) is 66.5 Å².